The lowest BCUT2D eigenvalue weighted by Crippen LogP contribution is -2.58. The maximum absolute atomic E-state index is 5.85. The fourth-order valence-corrected chi connectivity index (χ4v) is 5.57. The number of likely N-dealkylation sites (tertiary alicyclic amines) is 1. The smallest absolute Gasteiger partial charge is 0.0700 e. The summed E-state index contributed by atoms with van der Waals surface area (Å²) in [7, 11) is 0. The molecule has 4 heteroatoms. The zero-order valence-corrected chi connectivity index (χ0v) is 15.6. The zero-order chi connectivity index (χ0) is 16.4. The Labute approximate surface area is 148 Å². The van der Waals surface area contributed by atoms with E-state index in [9.17, 15) is 0 Å². The van der Waals surface area contributed by atoms with Crippen LogP contribution in [0.1, 0.15) is 51.9 Å². The molecule has 3 aliphatic heterocycles. The number of nitrogens with zero attached hydrogens (tertiary/aromatic N) is 2. The van der Waals surface area contributed by atoms with Gasteiger partial charge in [0.1, 0.15) is 0 Å². The molecular formula is C20H37N3O. The van der Waals surface area contributed by atoms with Crippen LogP contribution in [-0.2, 0) is 4.74 Å². The summed E-state index contributed by atoms with van der Waals surface area (Å²) in [4.78, 5) is 5.51. The first-order chi connectivity index (χ1) is 11.8. The maximum Gasteiger partial charge on any atom is 0.0700 e. The average molecular weight is 336 g/mol. The van der Waals surface area contributed by atoms with Crippen LogP contribution in [0.15, 0.2) is 0 Å². The molecular weight excluding hydrogens is 298 g/mol. The van der Waals surface area contributed by atoms with Crippen molar-refractivity contribution >= 4 is 0 Å². The van der Waals surface area contributed by atoms with Gasteiger partial charge in [-0.25, -0.2) is 0 Å². The standard InChI is InChI=1S/C20H37N3O/c1-2-19-16-23(11-12-24-19)18-13-20(14-18)5-9-22(10-6-20)15-17-3-7-21-8-4-17/h17-19,21H,2-16H2,1H3. The van der Waals surface area contributed by atoms with Crippen LogP contribution in [0.3, 0.4) is 0 Å². The Morgan fingerprint density at radius 1 is 1.08 bits per heavy atom. The number of hydrogen-bond donors (Lipinski definition) is 1. The van der Waals surface area contributed by atoms with Crippen LogP contribution >= 0.6 is 0 Å². The second-order valence-electron chi connectivity index (χ2n) is 8.95. The lowest BCUT2D eigenvalue weighted by atomic mass is 9.60. The highest BCUT2D eigenvalue weighted by Crippen LogP contribution is 2.51. The molecule has 1 spiro atoms. The lowest BCUT2D eigenvalue weighted by molar-refractivity contribution is -0.0988. The molecule has 0 radical (unpaired) electrons. The predicted octanol–water partition coefficient (Wildman–Crippen LogP) is 2.34. The Hall–Kier alpha value is -0.160. The second-order valence-corrected chi connectivity index (χ2v) is 8.95. The Kier molecular flexibility index (Phi) is 5.47. The third kappa shape index (κ3) is 3.82. The molecule has 4 fully saturated rings. The summed E-state index contributed by atoms with van der Waals surface area (Å²) in [5.74, 6) is 0.953. The number of hydrogen-bond acceptors (Lipinski definition) is 4. The van der Waals surface area contributed by atoms with Gasteiger partial charge in [0.25, 0.3) is 0 Å². The van der Waals surface area contributed by atoms with Crippen molar-refractivity contribution in [1.82, 2.24) is 15.1 Å². The second kappa shape index (κ2) is 7.61. The summed E-state index contributed by atoms with van der Waals surface area (Å²) >= 11 is 0. The van der Waals surface area contributed by atoms with Crippen molar-refractivity contribution in [2.45, 2.75) is 64.0 Å². The molecule has 1 unspecified atom stereocenters. The topological polar surface area (TPSA) is 27.7 Å². The normalized spacial score (nSPS) is 33.6. The van der Waals surface area contributed by atoms with Crippen LogP contribution in [0.25, 0.3) is 0 Å². The van der Waals surface area contributed by atoms with Crippen LogP contribution in [-0.4, -0.2) is 74.4 Å². The summed E-state index contributed by atoms with van der Waals surface area (Å²) in [6.45, 7) is 12.1. The van der Waals surface area contributed by atoms with E-state index in [4.69, 9.17) is 4.74 Å². The van der Waals surface area contributed by atoms with E-state index in [-0.39, 0.29) is 0 Å². The number of nitrogens with one attached hydrogen (secondary N) is 1. The minimum absolute atomic E-state index is 0.488. The van der Waals surface area contributed by atoms with Crippen LogP contribution in [0.2, 0.25) is 0 Å². The molecule has 3 saturated heterocycles. The first-order valence-corrected chi connectivity index (χ1v) is 10.5. The molecule has 1 aliphatic carbocycles. The molecule has 138 valence electrons. The van der Waals surface area contributed by atoms with Gasteiger partial charge >= 0.3 is 0 Å². The minimum atomic E-state index is 0.488. The monoisotopic (exact) mass is 335 g/mol. The molecule has 1 atom stereocenters. The van der Waals surface area contributed by atoms with Crippen molar-refractivity contribution in [3.05, 3.63) is 0 Å². The van der Waals surface area contributed by atoms with Gasteiger partial charge in [0, 0.05) is 25.7 Å². The van der Waals surface area contributed by atoms with Gasteiger partial charge in [0.15, 0.2) is 0 Å². The quantitative estimate of drug-likeness (QED) is 0.853. The summed E-state index contributed by atoms with van der Waals surface area (Å²) in [6, 6.07) is 0.860. The highest BCUT2D eigenvalue weighted by atomic mass is 16.5. The molecule has 0 bridgehead atoms. The molecule has 0 aromatic carbocycles. The predicted molar refractivity (Wildman–Crippen MR) is 98.3 cm³/mol. The summed E-state index contributed by atoms with van der Waals surface area (Å²) in [5, 5.41) is 3.49. The first-order valence-electron chi connectivity index (χ1n) is 10.5. The Morgan fingerprint density at radius 3 is 2.54 bits per heavy atom. The van der Waals surface area contributed by atoms with Gasteiger partial charge in [-0.3, -0.25) is 4.90 Å². The van der Waals surface area contributed by atoms with Crippen molar-refractivity contribution in [3.63, 3.8) is 0 Å². The first kappa shape index (κ1) is 17.3. The summed E-state index contributed by atoms with van der Waals surface area (Å²) in [6.07, 6.45) is 10.3. The van der Waals surface area contributed by atoms with E-state index in [2.05, 4.69) is 22.0 Å². The number of piperidine rings is 2. The van der Waals surface area contributed by atoms with Crippen molar-refractivity contribution in [1.29, 1.82) is 0 Å². The van der Waals surface area contributed by atoms with E-state index in [0.717, 1.165) is 18.6 Å². The molecule has 4 aliphatic rings. The molecule has 3 heterocycles. The van der Waals surface area contributed by atoms with Gasteiger partial charge < -0.3 is 15.0 Å². The van der Waals surface area contributed by atoms with E-state index < -0.39 is 0 Å². The van der Waals surface area contributed by atoms with Gasteiger partial charge in [-0.1, -0.05) is 6.92 Å². The number of rotatable bonds is 4. The van der Waals surface area contributed by atoms with Crippen molar-refractivity contribution in [2.24, 2.45) is 11.3 Å². The minimum Gasteiger partial charge on any atom is -0.376 e. The summed E-state index contributed by atoms with van der Waals surface area (Å²) < 4.78 is 5.85. The van der Waals surface area contributed by atoms with E-state index in [0.29, 0.717) is 11.5 Å². The Balaban J connectivity index is 1.19. The molecule has 4 rings (SSSR count). The maximum atomic E-state index is 5.85. The van der Waals surface area contributed by atoms with Crippen LogP contribution < -0.4 is 5.32 Å². The van der Waals surface area contributed by atoms with Gasteiger partial charge in [-0.05, 0) is 82.5 Å². The Morgan fingerprint density at radius 2 is 1.83 bits per heavy atom. The van der Waals surface area contributed by atoms with Gasteiger partial charge in [-0.2, -0.15) is 0 Å². The van der Waals surface area contributed by atoms with Crippen molar-refractivity contribution < 1.29 is 4.74 Å². The highest BCUT2D eigenvalue weighted by Gasteiger charge is 2.48. The van der Waals surface area contributed by atoms with Gasteiger partial charge in [0.05, 0.1) is 12.7 Å². The highest BCUT2D eigenvalue weighted by molar-refractivity contribution is 5.02. The molecule has 0 aromatic rings. The molecule has 1 N–H and O–H groups in total. The van der Waals surface area contributed by atoms with Crippen LogP contribution in [0.5, 0.6) is 0 Å². The average Bonchev–Trinajstić information content (AvgIpc) is 2.61. The van der Waals surface area contributed by atoms with Crippen molar-refractivity contribution in [2.75, 3.05) is 52.4 Å². The van der Waals surface area contributed by atoms with Gasteiger partial charge in [0.2, 0.25) is 0 Å². The number of morpholine rings is 1. The SMILES string of the molecule is CCC1CN(C2CC3(CCN(CC4CCNCC4)CC3)C2)CCO1. The zero-order valence-electron chi connectivity index (χ0n) is 15.6. The lowest BCUT2D eigenvalue weighted by Gasteiger charge is -2.56. The van der Waals surface area contributed by atoms with Crippen LogP contribution in [0, 0.1) is 11.3 Å². The third-order valence-electron chi connectivity index (χ3n) is 7.37. The molecule has 0 amide bonds. The molecule has 0 aromatic heterocycles. The molecule has 1 saturated carbocycles. The van der Waals surface area contributed by atoms with E-state index >= 15 is 0 Å². The Bertz CT molecular complexity index is 394. The molecule has 24 heavy (non-hydrogen) atoms. The molecule has 4 nitrogen and oxygen atoms in total. The summed E-state index contributed by atoms with van der Waals surface area (Å²) in [5.41, 5.74) is 0.704. The largest absolute Gasteiger partial charge is 0.376 e. The van der Waals surface area contributed by atoms with E-state index in [1.165, 1.54) is 90.8 Å². The fourth-order valence-electron chi connectivity index (χ4n) is 5.57. The van der Waals surface area contributed by atoms with Crippen LogP contribution in [0.4, 0.5) is 0 Å². The third-order valence-corrected chi connectivity index (χ3v) is 7.37. The van der Waals surface area contributed by atoms with E-state index in [1.54, 1.807) is 0 Å². The van der Waals surface area contributed by atoms with Crippen molar-refractivity contribution in [3.8, 4) is 0 Å². The van der Waals surface area contributed by atoms with E-state index in [1.807, 2.05) is 0 Å². The number of ether oxygens (including phenoxy) is 1. The van der Waals surface area contributed by atoms with Gasteiger partial charge in [-0.15, -0.1) is 0 Å². The fraction of sp³-hybridized carbons (Fsp3) is 1.00.